The normalized spacial score (nSPS) is 15.6. The van der Waals surface area contributed by atoms with Gasteiger partial charge >= 0.3 is 5.69 Å². The van der Waals surface area contributed by atoms with Crippen LogP contribution in [0.5, 0.6) is 0 Å². The van der Waals surface area contributed by atoms with Crippen molar-refractivity contribution >= 4 is 11.6 Å². The fourth-order valence-electron chi connectivity index (χ4n) is 1.80. The molecule has 1 aliphatic rings. The molecule has 2 aromatic rings. The molecule has 0 saturated carbocycles. The second kappa shape index (κ2) is 4.26. The van der Waals surface area contributed by atoms with Crippen molar-refractivity contribution < 1.29 is 9.53 Å². The summed E-state index contributed by atoms with van der Waals surface area (Å²) < 4.78 is 7.51. The Labute approximate surface area is 102 Å². The largest absolute Gasteiger partial charge is 0.377 e. The average Bonchev–Trinajstić information content (AvgIpc) is 2.62. The van der Waals surface area contributed by atoms with Crippen LogP contribution in [0.15, 0.2) is 29.2 Å². The zero-order chi connectivity index (χ0) is 12.5. The third kappa shape index (κ3) is 1.88. The number of nitrogens with zero attached hydrogens (tertiary/aromatic N) is 3. The maximum atomic E-state index is 11.9. The number of hydrogen-bond acceptors (Lipinski definition) is 4. The lowest BCUT2D eigenvalue weighted by Crippen LogP contribution is -2.50. The summed E-state index contributed by atoms with van der Waals surface area (Å²) in [7, 11) is 0. The Morgan fingerprint density at radius 3 is 3.00 bits per heavy atom. The van der Waals surface area contributed by atoms with E-state index in [1.165, 1.54) is 4.40 Å². The highest BCUT2D eigenvalue weighted by Crippen LogP contribution is 1.99. The number of rotatable bonds is 3. The smallest absolute Gasteiger partial charge is 0.350 e. The van der Waals surface area contributed by atoms with Crippen molar-refractivity contribution in [3.63, 3.8) is 0 Å². The highest BCUT2D eigenvalue weighted by molar-refractivity contribution is 5.76. The van der Waals surface area contributed by atoms with Gasteiger partial charge in [-0.2, -0.15) is 0 Å². The van der Waals surface area contributed by atoms with Crippen LogP contribution in [0.1, 0.15) is 0 Å². The topological polar surface area (TPSA) is 77.6 Å². The van der Waals surface area contributed by atoms with Crippen LogP contribution in [0, 0.1) is 0 Å². The van der Waals surface area contributed by atoms with Crippen molar-refractivity contribution in [3.05, 3.63) is 34.9 Å². The summed E-state index contributed by atoms with van der Waals surface area (Å²) in [6.07, 6.45) is 1.62. The number of carbonyl (C=O) groups excluding carboxylic acids is 1. The van der Waals surface area contributed by atoms with E-state index in [0.29, 0.717) is 18.9 Å². The standard InChI is InChI=1S/C11H12N4O3/c16-10(12-8-6-18-7-8)5-15-11(17)14-4-2-1-3-9(14)13-15/h1-4,8H,5-7H2,(H,12,16). The monoisotopic (exact) mass is 248 g/mol. The fourth-order valence-corrected chi connectivity index (χ4v) is 1.80. The lowest BCUT2D eigenvalue weighted by Gasteiger charge is -2.26. The summed E-state index contributed by atoms with van der Waals surface area (Å²) in [5.41, 5.74) is 0.216. The van der Waals surface area contributed by atoms with E-state index in [4.69, 9.17) is 4.74 Å². The van der Waals surface area contributed by atoms with Crippen LogP contribution in [0.25, 0.3) is 5.65 Å². The molecule has 0 aromatic carbocycles. The molecule has 1 saturated heterocycles. The van der Waals surface area contributed by atoms with Crippen LogP contribution < -0.4 is 11.0 Å². The molecule has 7 nitrogen and oxygen atoms in total. The van der Waals surface area contributed by atoms with E-state index in [2.05, 4.69) is 10.4 Å². The summed E-state index contributed by atoms with van der Waals surface area (Å²) in [5, 5.41) is 6.84. The highest BCUT2D eigenvalue weighted by Gasteiger charge is 2.21. The number of fused-ring (bicyclic) bond motifs is 1. The molecule has 0 spiro atoms. The summed E-state index contributed by atoms with van der Waals surface area (Å²) >= 11 is 0. The van der Waals surface area contributed by atoms with Gasteiger partial charge in [-0.05, 0) is 12.1 Å². The van der Waals surface area contributed by atoms with E-state index < -0.39 is 0 Å². The summed E-state index contributed by atoms with van der Waals surface area (Å²) in [4.78, 5) is 23.6. The third-order valence-electron chi connectivity index (χ3n) is 2.78. The number of hydrogen-bond donors (Lipinski definition) is 1. The average molecular weight is 248 g/mol. The predicted molar refractivity (Wildman–Crippen MR) is 62.2 cm³/mol. The molecular formula is C11H12N4O3. The van der Waals surface area contributed by atoms with Crippen LogP contribution >= 0.6 is 0 Å². The Morgan fingerprint density at radius 1 is 1.50 bits per heavy atom. The summed E-state index contributed by atoms with van der Waals surface area (Å²) in [5.74, 6) is -0.228. The van der Waals surface area contributed by atoms with Crippen LogP contribution in [0.2, 0.25) is 0 Å². The second-order valence-corrected chi connectivity index (χ2v) is 4.17. The molecule has 1 N–H and O–H groups in total. The quantitative estimate of drug-likeness (QED) is 0.756. The van der Waals surface area contributed by atoms with Crippen molar-refractivity contribution in [2.75, 3.05) is 13.2 Å². The van der Waals surface area contributed by atoms with Crippen molar-refractivity contribution in [1.29, 1.82) is 0 Å². The van der Waals surface area contributed by atoms with Gasteiger partial charge in [0.1, 0.15) is 6.54 Å². The van der Waals surface area contributed by atoms with Crippen LogP contribution in [-0.4, -0.2) is 39.3 Å². The van der Waals surface area contributed by atoms with Crippen LogP contribution in [0.4, 0.5) is 0 Å². The first-order valence-corrected chi connectivity index (χ1v) is 5.65. The maximum absolute atomic E-state index is 11.9. The van der Waals surface area contributed by atoms with E-state index in [0.717, 1.165) is 4.68 Å². The molecule has 0 radical (unpaired) electrons. The molecule has 1 fully saturated rings. The van der Waals surface area contributed by atoms with E-state index in [-0.39, 0.29) is 24.2 Å². The number of pyridine rings is 1. The third-order valence-corrected chi connectivity index (χ3v) is 2.78. The molecule has 2 aromatic heterocycles. The first-order chi connectivity index (χ1) is 8.74. The van der Waals surface area contributed by atoms with Gasteiger partial charge in [0.05, 0.1) is 19.3 Å². The van der Waals surface area contributed by atoms with Crippen LogP contribution in [0.3, 0.4) is 0 Å². The van der Waals surface area contributed by atoms with E-state index in [9.17, 15) is 9.59 Å². The number of aromatic nitrogens is 3. The Kier molecular flexibility index (Phi) is 2.60. The van der Waals surface area contributed by atoms with Gasteiger partial charge in [-0.1, -0.05) is 6.07 Å². The molecule has 3 heterocycles. The fraction of sp³-hybridized carbons (Fsp3) is 0.364. The molecular weight excluding hydrogens is 236 g/mol. The summed E-state index contributed by atoms with van der Waals surface area (Å²) in [6, 6.07) is 5.31. The number of amides is 1. The number of ether oxygens (including phenoxy) is 1. The minimum Gasteiger partial charge on any atom is -0.377 e. The molecule has 0 aliphatic carbocycles. The molecule has 0 unspecified atom stereocenters. The Bertz CT molecular complexity index is 641. The molecule has 94 valence electrons. The van der Waals surface area contributed by atoms with Crippen LogP contribution in [-0.2, 0) is 16.1 Å². The molecule has 1 aliphatic heterocycles. The molecule has 0 bridgehead atoms. The van der Waals surface area contributed by atoms with Gasteiger partial charge in [0.2, 0.25) is 5.91 Å². The SMILES string of the molecule is O=C(Cn1nc2ccccn2c1=O)NC1COC1. The number of nitrogens with one attached hydrogen (secondary N) is 1. The van der Waals surface area contributed by atoms with Gasteiger partial charge in [0.25, 0.3) is 0 Å². The lowest BCUT2D eigenvalue weighted by molar-refractivity contribution is -0.126. The molecule has 18 heavy (non-hydrogen) atoms. The minimum atomic E-state index is -0.314. The predicted octanol–water partition coefficient (Wildman–Crippen LogP) is -0.989. The van der Waals surface area contributed by atoms with Gasteiger partial charge < -0.3 is 10.1 Å². The van der Waals surface area contributed by atoms with Gasteiger partial charge in [0.15, 0.2) is 5.65 Å². The Balaban J connectivity index is 1.79. The number of carbonyl (C=O) groups is 1. The zero-order valence-electron chi connectivity index (χ0n) is 9.57. The minimum absolute atomic E-state index is 0.0604. The first kappa shape index (κ1) is 11.0. The van der Waals surface area contributed by atoms with E-state index in [1.54, 1.807) is 24.4 Å². The molecule has 7 heteroatoms. The zero-order valence-corrected chi connectivity index (χ0v) is 9.57. The Morgan fingerprint density at radius 2 is 2.33 bits per heavy atom. The van der Waals surface area contributed by atoms with E-state index >= 15 is 0 Å². The van der Waals surface area contributed by atoms with Crippen molar-refractivity contribution in [2.24, 2.45) is 0 Å². The Hall–Kier alpha value is -2.15. The van der Waals surface area contributed by atoms with Gasteiger partial charge in [-0.3, -0.25) is 9.20 Å². The van der Waals surface area contributed by atoms with E-state index in [1.807, 2.05) is 0 Å². The van der Waals surface area contributed by atoms with Crippen molar-refractivity contribution in [1.82, 2.24) is 19.5 Å². The van der Waals surface area contributed by atoms with Crippen molar-refractivity contribution in [2.45, 2.75) is 12.6 Å². The van der Waals surface area contributed by atoms with Gasteiger partial charge in [-0.15, -0.1) is 5.10 Å². The maximum Gasteiger partial charge on any atom is 0.350 e. The van der Waals surface area contributed by atoms with Gasteiger partial charge in [0, 0.05) is 6.20 Å². The molecule has 0 atom stereocenters. The second-order valence-electron chi connectivity index (χ2n) is 4.17. The lowest BCUT2D eigenvalue weighted by atomic mass is 10.2. The first-order valence-electron chi connectivity index (χ1n) is 5.65. The summed E-state index contributed by atoms with van der Waals surface area (Å²) in [6.45, 7) is 0.995. The van der Waals surface area contributed by atoms with Crippen molar-refractivity contribution in [3.8, 4) is 0 Å². The molecule has 3 rings (SSSR count). The van der Waals surface area contributed by atoms with Gasteiger partial charge in [-0.25, -0.2) is 9.48 Å². The highest BCUT2D eigenvalue weighted by atomic mass is 16.5. The molecule has 1 amide bonds.